The van der Waals surface area contributed by atoms with Crippen molar-refractivity contribution in [1.82, 2.24) is 9.97 Å². The van der Waals surface area contributed by atoms with Crippen LogP contribution in [0.3, 0.4) is 0 Å². The molecule has 1 N–H and O–H groups in total. The van der Waals surface area contributed by atoms with Crippen molar-refractivity contribution in [2.24, 2.45) is 0 Å². The second-order valence-electron chi connectivity index (χ2n) is 7.41. The molecule has 4 rings (SSSR count). The number of aromatic nitrogens is 2. The molecule has 2 heterocycles. The third-order valence-corrected chi connectivity index (χ3v) is 5.30. The zero-order valence-corrected chi connectivity index (χ0v) is 16.7. The van der Waals surface area contributed by atoms with Crippen molar-refractivity contribution in [3.05, 3.63) is 89.9 Å². The molecule has 146 valence electrons. The van der Waals surface area contributed by atoms with Crippen molar-refractivity contribution in [2.75, 3.05) is 0 Å². The molecule has 0 aliphatic carbocycles. The summed E-state index contributed by atoms with van der Waals surface area (Å²) in [6.07, 6.45) is 11.1. The van der Waals surface area contributed by atoms with Gasteiger partial charge in [0.25, 0.3) is 0 Å². The minimum Gasteiger partial charge on any atom is -0.339 e. The summed E-state index contributed by atoms with van der Waals surface area (Å²) < 4.78 is 14.2. The van der Waals surface area contributed by atoms with Crippen LogP contribution in [0.5, 0.6) is 0 Å². The Morgan fingerprint density at radius 1 is 1.10 bits per heavy atom. The maximum atomic E-state index is 14.2. The van der Waals surface area contributed by atoms with Crippen molar-refractivity contribution in [2.45, 2.75) is 32.6 Å². The minimum absolute atomic E-state index is 0.256. The number of pyridine rings is 1. The Balaban J connectivity index is 1.69. The Morgan fingerprint density at radius 3 is 2.79 bits per heavy atom. The molecule has 0 saturated carbocycles. The van der Waals surface area contributed by atoms with Gasteiger partial charge in [0.2, 0.25) is 0 Å². The van der Waals surface area contributed by atoms with E-state index < -0.39 is 0 Å². The highest BCUT2D eigenvalue weighted by atomic mass is 19.1. The molecule has 3 heteroatoms. The number of hydrogen-bond donors (Lipinski definition) is 1. The molecule has 0 spiro atoms. The number of nitrogens with one attached hydrogen (secondary N) is 1. The summed E-state index contributed by atoms with van der Waals surface area (Å²) in [5.41, 5.74) is 5.08. The lowest BCUT2D eigenvalue weighted by Crippen LogP contribution is -1.90. The summed E-state index contributed by atoms with van der Waals surface area (Å²) in [5.74, 6) is -0.256. The number of hydrogen-bond acceptors (Lipinski definition) is 1. The van der Waals surface area contributed by atoms with Crippen LogP contribution in [-0.4, -0.2) is 9.97 Å². The molecular formula is C26H25FN2. The highest BCUT2D eigenvalue weighted by molar-refractivity contribution is 6.07. The smallest absolute Gasteiger partial charge is 0.138 e. The minimum atomic E-state index is -0.256. The molecule has 0 aliphatic rings. The Bertz CT molecular complexity index is 1200. The third kappa shape index (κ3) is 4.00. The molecular weight excluding hydrogens is 359 g/mol. The van der Waals surface area contributed by atoms with Crippen LogP contribution in [0.15, 0.2) is 67.4 Å². The standard InChI is InChI=1S/C26H25FN2/c1-3-4-5-6-7-10-19-15-23-22-16-20(13-14-25(22)29-26(23)28-17-19)18(2)21-11-8-9-12-24(21)27/h7-17H,2-6H2,1H3,(H,28,29). The van der Waals surface area contributed by atoms with Crippen LogP contribution in [-0.2, 0) is 0 Å². The third-order valence-electron chi connectivity index (χ3n) is 5.30. The number of aromatic amines is 1. The lowest BCUT2D eigenvalue weighted by Gasteiger charge is -2.08. The molecule has 29 heavy (non-hydrogen) atoms. The topological polar surface area (TPSA) is 28.7 Å². The molecule has 0 radical (unpaired) electrons. The molecule has 0 unspecified atom stereocenters. The monoisotopic (exact) mass is 384 g/mol. The van der Waals surface area contributed by atoms with Gasteiger partial charge in [-0.2, -0.15) is 0 Å². The lowest BCUT2D eigenvalue weighted by atomic mass is 9.97. The van der Waals surface area contributed by atoms with E-state index in [0.29, 0.717) is 11.1 Å². The van der Waals surface area contributed by atoms with Gasteiger partial charge in [0.05, 0.1) is 0 Å². The van der Waals surface area contributed by atoms with E-state index in [1.165, 1.54) is 25.3 Å². The molecule has 2 nitrogen and oxygen atoms in total. The van der Waals surface area contributed by atoms with E-state index in [1.807, 2.05) is 24.4 Å². The Kier molecular flexibility index (Phi) is 5.57. The first-order chi connectivity index (χ1) is 14.2. The van der Waals surface area contributed by atoms with Crippen LogP contribution in [0.2, 0.25) is 0 Å². The number of fused-ring (bicyclic) bond motifs is 3. The molecule has 0 atom stereocenters. The largest absolute Gasteiger partial charge is 0.339 e. The first-order valence-corrected chi connectivity index (χ1v) is 10.2. The number of nitrogens with zero attached hydrogens (tertiary/aromatic N) is 1. The fourth-order valence-corrected chi connectivity index (χ4v) is 3.66. The first-order valence-electron chi connectivity index (χ1n) is 10.2. The maximum Gasteiger partial charge on any atom is 0.138 e. The van der Waals surface area contributed by atoms with Gasteiger partial charge in [-0.25, -0.2) is 9.37 Å². The number of allylic oxidation sites excluding steroid dienone is 1. The van der Waals surface area contributed by atoms with Gasteiger partial charge in [0.15, 0.2) is 0 Å². The van der Waals surface area contributed by atoms with Gasteiger partial charge >= 0.3 is 0 Å². The fraction of sp³-hybridized carbons (Fsp3) is 0.192. The summed E-state index contributed by atoms with van der Waals surface area (Å²) in [4.78, 5) is 7.96. The first kappa shape index (κ1) is 19.1. The second-order valence-corrected chi connectivity index (χ2v) is 7.41. The van der Waals surface area contributed by atoms with E-state index in [1.54, 1.807) is 12.1 Å². The van der Waals surface area contributed by atoms with E-state index >= 15 is 0 Å². The van der Waals surface area contributed by atoms with Gasteiger partial charge in [0.1, 0.15) is 11.5 Å². The quantitative estimate of drug-likeness (QED) is 0.328. The Morgan fingerprint density at radius 2 is 1.97 bits per heavy atom. The van der Waals surface area contributed by atoms with E-state index in [2.05, 4.69) is 47.8 Å². The number of benzene rings is 2. The molecule has 0 saturated heterocycles. The van der Waals surface area contributed by atoms with E-state index in [-0.39, 0.29) is 5.82 Å². The van der Waals surface area contributed by atoms with E-state index in [0.717, 1.165) is 39.5 Å². The van der Waals surface area contributed by atoms with Gasteiger partial charge in [-0.15, -0.1) is 0 Å². The highest BCUT2D eigenvalue weighted by Gasteiger charge is 2.11. The van der Waals surface area contributed by atoms with Gasteiger partial charge in [-0.3, -0.25) is 0 Å². The number of rotatable bonds is 7. The molecule has 0 aliphatic heterocycles. The van der Waals surface area contributed by atoms with Gasteiger partial charge < -0.3 is 4.98 Å². The van der Waals surface area contributed by atoms with Crippen molar-refractivity contribution in [1.29, 1.82) is 0 Å². The molecule has 0 bridgehead atoms. The van der Waals surface area contributed by atoms with Crippen molar-refractivity contribution < 1.29 is 4.39 Å². The molecule has 0 amide bonds. The Hall–Kier alpha value is -3.20. The molecule has 0 fully saturated rings. The fourth-order valence-electron chi connectivity index (χ4n) is 3.66. The molecule has 4 aromatic rings. The summed E-state index contributed by atoms with van der Waals surface area (Å²) in [6, 6.07) is 15.0. The maximum absolute atomic E-state index is 14.2. The SMILES string of the molecule is C=C(c1ccc2[nH]c3ncc(C=CCCCCC)cc3c2c1)c1ccccc1F. The van der Waals surface area contributed by atoms with Gasteiger partial charge in [0, 0.05) is 28.0 Å². The van der Waals surface area contributed by atoms with E-state index in [9.17, 15) is 4.39 Å². The van der Waals surface area contributed by atoms with Gasteiger partial charge in [-0.1, -0.05) is 62.8 Å². The average molecular weight is 384 g/mol. The lowest BCUT2D eigenvalue weighted by molar-refractivity contribution is 0.624. The van der Waals surface area contributed by atoms with Crippen LogP contribution in [0.25, 0.3) is 33.6 Å². The molecule has 2 aromatic heterocycles. The number of halogens is 1. The van der Waals surface area contributed by atoms with Crippen LogP contribution >= 0.6 is 0 Å². The summed E-state index contributed by atoms with van der Waals surface area (Å²) in [6.45, 7) is 6.35. The molecule has 2 aromatic carbocycles. The van der Waals surface area contributed by atoms with Crippen molar-refractivity contribution >= 4 is 33.6 Å². The summed E-state index contributed by atoms with van der Waals surface area (Å²) >= 11 is 0. The van der Waals surface area contributed by atoms with Crippen molar-refractivity contribution in [3.63, 3.8) is 0 Å². The predicted octanol–water partition coefficient (Wildman–Crippen LogP) is 7.51. The zero-order chi connectivity index (χ0) is 20.2. The summed E-state index contributed by atoms with van der Waals surface area (Å²) in [5, 5.41) is 2.14. The number of H-pyrrole nitrogens is 1. The van der Waals surface area contributed by atoms with Crippen LogP contribution < -0.4 is 0 Å². The van der Waals surface area contributed by atoms with Crippen molar-refractivity contribution in [3.8, 4) is 0 Å². The van der Waals surface area contributed by atoms with Gasteiger partial charge in [-0.05, 0) is 53.8 Å². The van der Waals surface area contributed by atoms with E-state index in [4.69, 9.17) is 0 Å². The normalized spacial score (nSPS) is 11.7. The van der Waals surface area contributed by atoms with Crippen LogP contribution in [0, 0.1) is 5.82 Å². The zero-order valence-electron chi connectivity index (χ0n) is 16.7. The highest BCUT2D eigenvalue weighted by Crippen LogP contribution is 2.30. The second kappa shape index (κ2) is 8.44. The summed E-state index contributed by atoms with van der Waals surface area (Å²) in [7, 11) is 0. The predicted molar refractivity (Wildman–Crippen MR) is 121 cm³/mol. The Labute approximate surface area is 170 Å². The van der Waals surface area contributed by atoms with Crippen LogP contribution in [0.1, 0.15) is 49.3 Å². The average Bonchev–Trinajstić information content (AvgIpc) is 3.10. The van der Waals surface area contributed by atoms with Crippen LogP contribution in [0.4, 0.5) is 4.39 Å². The number of unbranched alkanes of at least 4 members (excludes halogenated alkanes) is 3.